The number of nitrogens with zero attached hydrogens (tertiary/aromatic N) is 2. The molecule has 3 rings (SSSR count). The first-order chi connectivity index (χ1) is 12.1. The maximum absolute atomic E-state index is 12.7. The van der Waals surface area contributed by atoms with Crippen LogP contribution >= 0.6 is 0 Å². The number of nitrogens with one attached hydrogen (secondary N) is 1. The second-order valence-electron chi connectivity index (χ2n) is 6.49. The number of amides is 1. The molecule has 1 aliphatic carbocycles. The van der Waals surface area contributed by atoms with Crippen LogP contribution in [0.5, 0.6) is 11.5 Å². The van der Waals surface area contributed by atoms with E-state index in [1.807, 2.05) is 37.6 Å². The largest absolute Gasteiger partial charge is 0.493 e. The predicted octanol–water partition coefficient (Wildman–Crippen LogP) is 2.45. The van der Waals surface area contributed by atoms with Gasteiger partial charge >= 0.3 is 0 Å². The second kappa shape index (κ2) is 7.17. The SMILES string of the molecule is COc1ccc(C2(C(=O)NCCCn3cncc3C)CC2)cc1O[11CH3]. The number of imidazole rings is 1. The lowest BCUT2D eigenvalue weighted by molar-refractivity contribution is -0.123. The third-order valence-corrected chi connectivity index (χ3v) is 4.90. The van der Waals surface area contributed by atoms with E-state index in [0.29, 0.717) is 18.0 Å². The molecule has 1 aliphatic rings. The van der Waals surface area contributed by atoms with Crippen LogP contribution in [0.15, 0.2) is 30.7 Å². The van der Waals surface area contributed by atoms with E-state index in [2.05, 4.69) is 14.9 Å². The molecule has 1 aromatic carbocycles. The third kappa shape index (κ3) is 3.48. The number of aryl methyl sites for hydroxylation is 2. The molecule has 1 aromatic heterocycles. The van der Waals surface area contributed by atoms with Gasteiger partial charge in [0.15, 0.2) is 11.5 Å². The highest BCUT2D eigenvalue weighted by molar-refractivity contribution is 5.91. The number of ether oxygens (including phenoxy) is 2. The second-order valence-corrected chi connectivity index (χ2v) is 6.49. The van der Waals surface area contributed by atoms with Gasteiger partial charge in [0.25, 0.3) is 0 Å². The summed E-state index contributed by atoms with van der Waals surface area (Å²) in [5.74, 6) is 1.44. The van der Waals surface area contributed by atoms with Crippen molar-refractivity contribution < 1.29 is 14.3 Å². The maximum atomic E-state index is 12.7. The molecule has 1 N–H and O–H groups in total. The molecule has 134 valence electrons. The van der Waals surface area contributed by atoms with Gasteiger partial charge in [0.2, 0.25) is 5.91 Å². The van der Waals surface area contributed by atoms with E-state index in [0.717, 1.165) is 37.1 Å². The minimum atomic E-state index is -0.412. The van der Waals surface area contributed by atoms with Crippen molar-refractivity contribution in [2.45, 2.75) is 38.1 Å². The van der Waals surface area contributed by atoms with E-state index in [-0.39, 0.29) is 5.91 Å². The Hall–Kier alpha value is -2.50. The van der Waals surface area contributed by atoms with Gasteiger partial charge in [-0.05, 0) is 43.9 Å². The highest BCUT2D eigenvalue weighted by Crippen LogP contribution is 2.50. The lowest BCUT2D eigenvalue weighted by Gasteiger charge is -2.18. The van der Waals surface area contributed by atoms with E-state index >= 15 is 0 Å². The molecule has 1 heterocycles. The summed E-state index contributed by atoms with van der Waals surface area (Å²) in [5.41, 5.74) is 1.72. The van der Waals surface area contributed by atoms with Crippen molar-refractivity contribution in [2.24, 2.45) is 0 Å². The van der Waals surface area contributed by atoms with Crippen molar-refractivity contribution in [1.82, 2.24) is 14.9 Å². The minimum Gasteiger partial charge on any atom is -0.493 e. The molecule has 0 atom stereocenters. The Labute approximate surface area is 148 Å². The average molecular weight is 342 g/mol. The Morgan fingerprint density at radius 2 is 2.04 bits per heavy atom. The van der Waals surface area contributed by atoms with E-state index in [1.165, 1.54) is 0 Å². The maximum Gasteiger partial charge on any atom is 0.230 e. The molecule has 1 amide bonds. The number of methoxy groups -OCH3 is 2. The van der Waals surface area contributed by atoms with Crippen molar-refractivity contribution in [3.8, 4) is 11.5 Å². The van der Waals surface area contributed by atoms with Gasteiger partial charge in [-0.15, -0.1) is 0 Å². The molecule has 0 unspecified atom stereocenters. The minimum absolute atomic E-state index is 0.0991. The van der Waals surface area contributed by atoms with Crippen LogP contribution in [-0.2, 0) is 16.8 Å². The summed E-state index contributed by atoms with van der Waals surface area (Å²) in [6.07, 6.45) is 6.28. The molecule has 1 saturated carbocycles. The van der Waals surface area contributed by atoms with Crippen LogP contribution in [0.25, 0.3) is 0 Å². The zero-order valence-electron chi connectivity index (χ0n) is 15.0. The summed E-state index contributed by atoms with van der Waals surface area (Å²) in [6.45, 7) is 3.54. The first kappa shape index (κ1) is 17.3. The number of aromatic nitrogens is 2. The molecule has 25 heavy (non-hydrogen) atoms. The van der Waals surface area contributed by atoms with Crippen molar-refractivity contribution in [3.05, 3.63) is 42.0 Å². The van der Waals surface area contributed by atoms with Gasteiger partial charge in [0, 0.05) is 25.0 Å². The summed E-state index contributed by atoms with van der Waals surface area (Å²) in [4.78, 5) is 16.8. The average Bonchev–Trinajstić information content (AvgIpc) is 3.35. The smallest absolute Gasteiger partial charge is 0.230 e. The van der Waals surface area contributed by atoms with Crippen LogP contribution in [0.1, 0.15) is 30.5 Å². The summed E-state index contributed by atoms with van der Waals surface area (Å²) in [6, 6.07) is 5.74. The molecular formula is C19H25N3O3. The number of hydrogen-bond donors (Lipinski definition) is 1. The van der Waals surface area contributed by atoms with Crippen LogP contribution in [0.2, 0.25) is 0 Å². The fourth-order valence-electron chi connectivity index (χ4n) is 3.15. The molecule has 6 heteroatoms. The molecular weight excluding hydrogens is 317 g/mol. The van der Waals surface area contributed by atoms with Gasteiger partial charge in [-0.2, -0.15) is 0 Å². The molecule has 1 fully saturated rings. The number of carbonyl (C=O) groups is 1. The van der Waals surface area contributed by atoms with Crippen LogP contribution in [0.3, 0.4) is 0 Å². The quantitative estimate of drug-likeness (QED) is 0.749. The van der Waals surface area contributed by atoms with Gasteiger partial charge in [-0.25, -0.2) is 4.98 Å². The Bertz CT molecular complexity index is 750. The van der Waals surface area contributed by atoms with Crippen LogP contribution in [0.4, 0.5) is 0 Å². The van der Waals surface area contributed by atoms with Gasteiger partial charge in [-0.3, -0.25) is 4.79 Å². The Morgan fingerprint density at radius 3 is 2.64 bits per heavy atom. The fourth-order valence-corrected chi connectivity index (χ4v) is 3.15. The van der Waals surface area contributed by atoms with Gasteiger partial charge < -0.3 is 19.4 Å². The number of hydrogen-bond acceptors (Lipinski definition) is 4. The topological polar surface area (TPSA) is 65.4 Å². The van der Waals surface area contributed by atoms with E-state index < -0.39 is 5.41 Å². The predicted molar refractivity (Wildman–Crippen MR) is 95.0 cm³/mol. The summed E-state index contributed by atoms with van der Waals surface area (Å²) < 4.78 is 12.7. The summed E-state index contributed by atoms with van der Waals surface area (Å²) >= 11 is 0. The molecule has 0 spiro atoms. The molecule has 0 bridgehead atoms. The zero-order chi connectivity index (χ0) is 17.9. The number of rotatable bonds is 8. The number of benzene rings is 1. The zero-order valence-corrected chi connectivity index (χ0v) is 15.0. The van der Waals surface area contributed by atoms with Crippen molar-refractivity contribution in [3.63, 3.8) is 0 Å². The van der Waals surface area contributed by atoms with E-state index in [1.54, 1.807) is 14.2 Å². The Balaban J connectivity index is 1.59. The molecule has 0 aliphatic heterocycles. The summed E-state index contributed by atoms with van der Waals surface area (Å²) in [5, 5.41) is 3.09. The molecule has 0 radical (unpaired) electrons. The normalized spacial score (nSPS) is 14.8. The van der Waals surface area contributed by atoms with Crippen LogP contribution in [-0.4, -0.2) is 36.2 Å². The first-order valence-corrected chi connectivity index (χ1v) is 8.58. The van der Waals surface area contributed by atoms with Gasteiger partial charge in [-0.1, -0.05) is 6.07 Å². The summed E-state index contributed by atoms with van der Waals surface area (Å²) in [7, 11) is 3.22. The van der Waals surface area contributed by atoms with Crippen LogP contribution < -0.4 is 14.8 Å². The highest BCUT2D eigenvalue weighted by atomic mass is 16.5. The molecule has 6 nitrogen and oxygen atoms in total. The third-order valence-electron chi connectivity index (χ3n) is 4.90. The van der Waals surface area contributed by atoms with Crippen molar-refractivity contribution in [1.29, 1.82) is 0 Å². The Morgan fingerprint density at radius 1 is 1.28 bits per heavy atom. The van der Waals surface area contributed by atoms with Gasteiger partial charge in [0.05, 0.1) is 26.0 Å². The lowest BCUT2D eigenvalue weighted by atomic mass is 9.94. The van der Waals surface area contributed by atoms with Crippen molar-refractivity contribution >= 4 is 5.91 Å². The Kier molecular flexibility index (Phi) is 4.97. The van der Waals surface area contributed by atoms with Crippen LogP contribution in [0, 0.1) is 6.92 Å². The van der Waals surface area contributed by atoms with Gasteiger partial charge in [0.1, 0.15) is 0 Å². The lowest BCUT2D eigenvalue weighted by Crippen LogP contribution is -2.35. The first-order valence-electron chi connectivity index (χ1n) is 8.58. The monoisotopic (exact) mass is 342 g/mol. The molecule has 2 aromatic rings. The van der Waals surface area contributed by atoms with Crippen molar-refractivity contribution in [2.75, 3.05) is 20.8 Å². The molecule has 0 saturated heterocycles. The number of carbonyl (C=O) groups excluding carboxylic acids is 1. The van der Waals surface area contributed by atoms with E-state index in [9.17, 15) is 4.79 Å². The highest BCUT2D eigenvalue weighted by Gasteiger charge is 2.51. The standard InChI is InChI=1S/C19H25N3O3/c1-14-12-20-13-22(14)10-4-9-21-18(23)19(7-8-19)15-5-6-16(24-2)17(11-15)25-3/h5-6,11-13H,4,7-10H2,1-3H3,(H,21,23)/i3-1. The van der Waals surface area contributed by atoms with E-state index in [4.69, 9.17) is 9.47 Å². The fraction of sp³-hybridized carbons (Fsp3) is 0.474.